The van der Waals surface area contributed by atoms with Gasteiger partial charge in [0.2, 0.25) is 0 Å². The molecule has 0 amide bonds. The van der Waals surface area contributed by atoms with Gasteiger partial charge in [-0.1, -0.05) is 0 Å². The van der Waals surface area contributed by atoms with Gasteiger partial charge in [-0.25, -0.2) is 5.53 Å². The Morgan fingerprint density at radius 2 is 2.50 bits per heavy atom. The molecule has 3 heteroatoms. The molecule has 0 aliphatic heterocycles. The van der Waals surface area contributed by atoms with E-state index in [-0.39, 0.29) is 5.92 Å². The molecule has 0 saturated heterocycles. The van der Waals surface area contributed by atoms with Crippen molar-refractivity contribution in [3.05, 3.63) is 0 Å². The summed E-state index contributed by atoms with van der Waals surface area (Å²) >= 11 is 0. The Balaban J connectivity index is 3.14. The first-order valence-electron chi connectivity index (χ1n) is 2.54. The van der Waals surface area contributed by atoms with Crippen LogP contribution in [0.4, 0.5) is 0 Å². The van der Waals surface area contributed by atoms with E-state index >= 15 is 0 Å². The average molecular weight is 111 g/mol. The lowest BCUT2D eigenvalue weighted by Crippen LogP contribution is -1.91. The zero-order valence-corrected chi connectivity index (χ0v) is 4.89. The topological polar surface area (TPSA) is 60.0 Å². The van der Waals surface area contributed by atoms with E-state index < -0.39 is 0 Å². The van der Waals surface area contributed by atoms with Crippen LogP contribution in [-0.2, 0) is 0 Å². The lowest BCUT2D eigenvalue weighted by molar-refractivity contribution is 0.652. The lowest BCUT2D eigenvalue weighted by atomic mass is 10.1. The summed E-state index contributed by atoms with van der Waals surface area (Å²) in [4.78, 5) is 0. The normalized spacial score (nSPS) is 12.0. The molecule has 0 aromatic carbocycles. The summed E-state index contributed by atoms with van der Waals surface area (Å²) in [7, 11) is 0. The standard InChI is InChI=1S/C5H9N3/c1-5(4-6)2-3-8-7/h5,7H,2-3H2,1H3. The maximum atomic E-state index is 8.21. The highest BCUT2D eigenvalue weighted by atomic mass is 14.9. The Labute approximate surface area is 48.8 Å². The van der Waals surface area contributed by atoms with Crippen LogP contribution in [0.5, 0.6) is 0 Å². The summed E-state index contributed by atoms with van der Waals surface area (Å²) in [6.45, 7) is 2.31. The van der Waals surface area contributed by atoms with Gasteiger partial charge in [-0.3, -0.25) is 0 Å². The van der Waals surface area contributed by atoms with Gasteiger partial charge in [0.05, 0.1) is 12.6 Å². The molecule has 3 nitrogen and oxygen atoms in total. The number of nitriles is 1. The molecular formula is C5H9N3. The highest BCUT2D eigenvalue weighted by molar-refractivity contribution is 4.78. The molecule has 8 heavy (non-hydrogen) atoms. The van der Waals surface area contributed by atoms with Crippen LogP contribution in [0.1, 0.15) is 13.3 Å². The van der Waals surface area contributed by atoms with Gasteiger partial charge >= 0.3 is 0 Å². The van der Waals surface area contributed by atoms with E-state index in [0.717, 1.165) is 0 Å². The minimum Gasteiger partial charge on any atom is -0.210 e. The molecule has 1 N–H and O–H groups in total. The van der Waals surface area contributed by atoms with Gasteiger partial charge in [-0.05, 0) is 13.3 Å². The molecule has 1 atom stereocenters. The van der Waals surface area contributed by atoms with E-state index in [1.807, 2.05) is 6.92 Å². The summed E-state index contributed by atoms with van der Waals surface area (Å²) in [5.41, 5.74) is 6.39. The van der Waals surface area contributed by atoms with Crippen LogP contribution in [0.25, 0.3) is 0 Å². The minimum absolute atomic E-state index is 0.0455. The van der Waals surface area contributed by atoms with Gasteiger partial charge in [0.1, 0.15) is 0 Å². The SMILES string of the molecule is CC(C#N)CCN=N. The van der Waals surface area contributed by atoms with E-state index in [9.17, 15) is 0 Å². The molecule has 0 fully saturated rings. The van der Waals surface area contributed by atoms with E-state index in [0.29, 0.717) is 13.0 Å². The fourth-order valence-electron chi connectivity index (χ4n) is 0.323. The predicted octanol–water partition coefficient (Wildman–Crippen LogP) is 1.57. The zero-order chi connectivity index (χ0) is 6.41. The maximum Gasteiger partial charge on any atom is 0.0653 e. The molecule has 0 aromatic heterocycles. The summed E-state index contributed by atoms with van der Waals surface area (Å²) in [6, 6.07) is 2.06. The van der Waals surface area contributed by atoms with Crippen LogP contribution in [0.3, 0.4) is 0 Å². The lowest BCUT2D eigenvalue weighted by Gasteiger charge is -1.92. The van der Waals surface area contributed by atoms with E-state index in [1.165, 1.54) is 0 Å². The Kier molecular flexibility index (Phi) is 3.77. The van der Waals surface area contributed by atoms with Crippen molar-refractivity contribution in [1.82, 2.24) is 0 Å². The fraction of sp³-hybridized carbons (Fsp3) is 0.800. The second-order valence-corrected chi connectivity index (χ2v) is 1.70. The number of hydrogen-bond acceptors (Lipinski definition) is 3. The number of rotatable bonds is 3. The first kappa shape index (κ1) is 7.09. The van der Waals surface area contributed by atoms with Gasteiger partial charge in [0, 0.05) is 5.92 Å². The molecule has 0 aromatic rings. The first-order chi connectivity index (χ1) is 3.81. The molecule has 1 unspecified atom stereocenters. The number of nitrogens with zero attached hydrogens (tertiary/aromatic N) is 2. The second-order valence-electron chi connectivity index (χ2n) is 1.70. The molecule has 0 bridgehead atoms. The second kappa shape index (κ2) is 4.25. The number of hydrogen-bond donors (Lipinski definition) is 1. The summed E-state index contributed by atoms with van der Waals surface area (Å²) in [5, 5.41) is 11.3. The fourth-order valence-corrected chi connectivity index (χ4v) is 0.323. The van der Waals surface area contributed by atoms with Crippen LogP contribution in [0.2, 0.25) is 0 Å². The smallest absolute Gasteiger partial charge is 0.0653 e. The molecule has 0 radical (unpaired) electrons. The summed E-state index contributed by atoms with van der Waals surface area (Å²) in [5.74, 6) is 0.0455. The predicted molar refractivity (Wildman–Crippen MR) is 29.4 cm³/mol. The Morgan fingerprint density at radius 1 is 1.88 bits per heavy atom. The van der Waals surface area contributed by atoms with Crippen LogP contribution in [0.15, 0.2) is 5.11 Å². The van der Waals surface area contributed by atoms with Crippen molar-refractivity contribution in [2.24, 2.45) is 11.0 Å². The first-order valence-corrected chi connectivity index (χ1v) is 2.54. The average Bonchev–Trinajstić information content (AvgIpc) is 1.83. The van der Waals surface area contributed by atoms with Gasteiger partial charge in [-0.2, -0.15) is 10.4 Å². The summed E-state index contributed by atoms with van der Waals surface area (Å²) < 4.78 is 0. The van der Waals surface area contributed by atoms with Crippen molar-refractivity contribution in [1.29, 1.82) is 10.8 Å². The third-order valence-corrected chi connectivity index (χ3v) is 0.894. The van der Waals surface area contributed by atoms with E-state index in [2.05, 4.69) is 11.2 Å². The van der Waals surface area contributed by atoms with Crippen molar-refractivity contribution in [3.8, 4) is 6.07 Å². The molecule has 0 rings (SSSR count). The Hall–Kier alpha value is -0.910. The van der Waals surface area contributed by atoms with E-state index in [1.54, 1.807) is 0 Å². The van der Waals surface area contributed by atoms with Crippen molar-refractivity contribution in [2.75, 3.05) is 6.54 Å². The highest BCUT2D eigenvalue weighted by Gasteiger charge is 1.95. The highest BCUT2D eigenvalue weighted by Crippen LogP contribution is 1.97. The van der Waals surface area contributed by atoms with Gasteiger partial charge in [0.15, 0.2) is 0 Å². The van der Waals surface area contributed by atoms with Crippen molar-refractivity contribution in [3.63, 3.8) is 0 Å². The maximum absolute atomic E-state index is 8.21. The quantitative estimate of drug-likeness (QED) is 0.552. The molecule has 0 aliphatic carbocycles. The van der Waals surface area contributed by atoms with Crippen LogP contribution >= 0.6 is 0 Å². The van der Waals surface area contributed by atoms with Crippen molar-refractivity contribution < 1.29 is 0 Å². The van der Waals surface area contributed by atoms with Crippen LogP contribution in [0, 0.1) is 22.8 Å². The Morgan fingerprint density at radius 3 is 2.88 bits per heavy atom. The Bertz CT molecular complexity index is 103. The molecular weight excluding hydrogens is 102 g/mol. The molecule has 0 aliphatic rings. The zero-order valence-electron chi connectivity index (χ0n) is 4.89. The third kappa shape index (κ3) is 3.29. The summed E-state index contributed by atoms with van der Waals surface area (Å²) in [6.07, 6.45) is 0.708. The minimum atomic E-state index is 0.0455. The molecule has 0 spiro atoms. The molecule has 0 heterocycles. The van der Waals surface area contributed by atoms with Crippen LogP contribution < -0.4 is 0 Å². The molecule has 0 saturated carbocycles. The largest absolute Gasteiger partial charge is 0.210 e. The van der Waals surface area contributed by atoms with Gasteiger partial charge in [-0.15, -0.1) is 0 Å². The van der Waals surface area contributed by atoms with E-state index in [4.69, 9.17) is 10.8 Å². The van der Waals surface area contributed by atoms with Gasteiger partial charge in [0.25, 0.3) is 0 Å². The van der Waals surface area contributed by atoms with Crippen molar-refractivity contribution in [2.45, 2.75) is 13.3 Å². The molecule has 44 valence electrons. The van der Waals surface area contributed by atoms with Crippen LogP contribution in [-0.4, -0.2) is 6.54 Å². The number of nitrogens with one attached hydrogen (secondary N) is 1. The third-order valence-electron chi connectivity index (χ3n) is 0.894. The monoisotopic (exact) mass is 111 g/mol. The van der Waals surface area contributed by atoms with Crippen molar-refractivity contribution >= 4 is 0 Å². The van der Waals surface area contributed by atoms with Gasteiger partial charge < -0.3 is 0 Å².